The van der Waals surface area contributed by atoms with Crippen molar-refractivity contribution in [3.8, 4) is 16.9 Å². The van der Waals surface area contributed by atoms with E-state index in [0.717, 1.165) is 28.5 Å². The van der Waals surface area contributed by atoms with Crippen LogP contribution in [0.2, 0.25) is 0 Å². The monoisotopic (exact) mass is 436 g/mol. The Hall–Kier alpha value is -3.80. The van der Waals surface area contributed by atoms with Gasteiger partial charge in [-0.25, -0.2) is 4.79 Å². The second kappa shape index (κ2) is 8.75. The van der Waals surface area contributed by atoms with Crippen LogP contribution in [0.5, 0.6) is 5.75 Å². The highest BCUT2D eigenvalue weighted by atomic mass is 19.4. The van der Waals surface area contributed by atoms with Gasteiger partial charge in [-0.15, -0.1) is 0 Å². The Kier molecular flexibility index (Phi) is 5.86. The summed E-state index contributed by atoms with van der Waals surface area (Å²) in [5.74, 6) is -0.723. The van der Waals surface area contributed by atoms with Gasteiger partial charge in [-0.3, -0.25) is 0 Å². The summed E-state index contributed by atoms with van der Waals surface area (Å²) in [5.41, 5.74) is 1.98. The van der Waals surface area contributed by atoms with Gasteiger partial charge in [0.1, 0.15) is 5.75 Å². The Balaban J connectivity index is 1.77. The lowest BCUT2D eigenvalue weighted by Gasteiger charge is -2.15. The zero-order valence-corrected chi connectivity index (χ0v) is 16.9. The Morgan fingerprint density at radius 1 is 0.812 bits per heavy atom. The molecule has 4 aromatic carbocycles. The average Bonchev–Trinajstić information content (AvgIpc) is 2.78. The van der Waals surface area contributed by atoms with Crippen LogP contribution in [0, 0.1) is 0 Å². The minimum atomic E-state index is -4.44. The summed E-state index contributed by atoms with van der Waals surface area (Å²) in [6.45, 7) is -0.508. The molecular formula is C26H19F3O3. The Bertz CT molecular complexity index is 1270. The van der Waals surface area contributed by atoms with Gasteiger partial charge < -0.3 is 9.84 Å². The smallest absolute Gasteiger partial charge is 0.416 e. The molecule has 4 aromatic rings. The van der Waals surface area contributed by atoms with E-state index in [4.69, 9.17) is 9.84 Å². The van der Waals surface area contributed by atoms with E-state index in [1.165, 1.54) is 6.07 Å². The Morgan fingerprint density at radius 3 is 2.31 bits per heavy atom. The fourth-order valence-electron chi connectivity index (χ4n) is 3.70. The van der Waals surface area contributed by atoms with Gasteiger partial charge in [0, 0.05) is 6.42 Å². The molecule has 0 atom stereocenters. The molecule has 0 radical (unpaired) electrons. The van der Waals surface area contributed by atoms with Gasteiger partial charge in [-0.05, 0) is 57.3 Å². The van der Waals surface area contributed by atoms with Gasteiger partial charge in [0.25, 0.3) is 0 Å². The summed E-state index contributed by atoms with van der Waals surface area (Å²) >= 11 is 0. The minimum Gasteiger partial charge on any atom is -0.482 e. The van der Waals surface area contributed by atoms with E-state index in [0.29, 0.717) is 28.9 Å². The van der Waals surface area contributed by atoms with E-state index in [9.17, 15) is 18.0 Å². The Morgan fingerprint density at radius 2 is 1.53 bits per heavy atom. The molecule has 0 fully saturated rings. The third-order valence-electron chi connectivity index (χ3n) is 5.20. The molecule has 0 heterocycles. The molecule has 32 heavy (non-hydrogen) atoms. The van der Waals surface area contributed by atoms with Crippen LogP contribution in [0.4, 0.5) is 13.2 Å². The summed E-state index contributed by atoms with van der Waals surface area (Å²) in [7, 11) is 0. The first-order valence-corrected chi connectivity index (χ1v) is 9.93. The number of alkyl halides is 3. The highest BCUT2D eigenvalue weighted by molar-refractivity contribution is 5.86. The lowest BCUT2D eigenvalue weighted by atomic mass is 9.95. The van der Waals surface area contributed by atoms with E-state index >= 15 is 0 Å². The molecule has 4 rings (SSSR count). The van der Waals surface area contributed by atoms with E-state index in [1.807, 2.05) is 42.5 Å². The van der Waals surface area contributed by atoms with Crippen molar-refractivity contribution < 1.29 is 27.8 Å². The number of carboxylic acids is 1. The molecule has 0 saturated heterocycles. The first kappa shape index (κ1) is 21.4. The molecular weight excluding hydrogens is 417 g/mol. The molecule has 0 spiro atoms. The number of halogens is 3. The maximum absolute atomic E-state index is 13.2. The molecule has 0 bridgehead atoms. The maximum Gasteiger partial charge on any atom is 0.416 e. The number of carboxylic acid groups (broad SMARTS) is 1. The zero-order valence-electron chi connectivity index (χ0n) is 16.9. The van der Waals surface area contributed by atoms with E-state index in [1.54, 1.807) is 24.3 Å². The number of carbonyl (C=O) groups is 1. The van der Waals surface area contributed by atoms with Gasteiger partial charge in [0.2, 0.25) is 0 Å². The lowest BCUT2D eigenvalue weighted by Crippen LogP contribution is -2.10. The summed E-state index contributed by atoms with van der Waals surface area (Å²) < 4.78 is 45.0. The molecule has 0 saturated carbocycles. The fraction of sp³-hybridized carbons (Fsp3) is 0.115. The van der Waals surface area contributed by atoms with Crippen LogP contribution in [0.3, 0.4) is 0 Å². The van der Waals surface area contributed by atoms with Crippen LogP contribution in [0.25, 0.3) is 21.9 Å². The minimum absolute atomic E-state index is 0.385. The molecule has 0 unspecified atom stereocenters. The van der Waals surface area contributed by atoms with Crippen LogP contribution in [-0.2, 0) is 17.4 Å². The molecule has 3 nitrogen and oxygen atoms in total. The molecule has 0 aliphatic rings. The van der Waals surface area contributed by atoms with Crippen LogP contribution >= 0.6 is 0 Å². The zero-order chi connectivity index (χ0) is 22.7. The van der Waals surface area contributed by atoms with Crippen molar-refractivity contribution in [3.05, 3.63) is 102 Å². The van der Waals surface area contributed by atoms with Crippen LogP contribution in [-0.4, -0.2) is 17.7 Å². The largest absolute Gasteiger partial charge is 0.482 e. The predicted octanol–water partition coefficient (Wildman–Crippen LogP) is 6.58. The molecule has 162 valence electrons. The lowest BCUT2D eigenvalue weighted by molar-refractivity contribution is -0.139. The highest BCUT2D eigenvalue weighted by Gasteiger charge is 2.30. The van der Waals surface area contributed by atoms with Gasteiger partial charge in [-0.2, -0.15) is 13.2 Å². The number of hydrogen-bond donors (Lipinski definition) is 1. The quantitative estimate of drug-likeness (QED) is 0.371. The van der Waals surface area contributed by atoms with Crippen molar-refractivity contribution in [1.82, 2.24) is 0 Å². The van der Waals surface area contributed by atoms with Gasteiger partial charge in [0.05, 0.1) is 5.56 Å². The summed E-state index contributed by atoms with van der Waals surface area (Å²) in [6, 6.07) is 23.9. The van der Waals surface area contributed by atoms with E-state index in [-0.39, 0.29) is 0 Å². The molecule has 6 heteroatoms. The van der Waals surface area contributed by atoms with Gasteiger partial charge >= 0.3 is 12.1 Å². The molecule has 0 aliphatic heterocycles. The van der Waals surface area contributed by atoms with Crippen molar-refractivity contribution in [2.75, 3.05) is 6.61 Å². The van der Waals surface area contributed by atoms with E-state index < -0.39 is 24.3 Å². The average molecular weight is 436 g/mol. The van der Waals surface area contributed by atoms with E-state index in [2.05, 4.69) is 0 Å². The first-order valence-electron chi connectivity index (χ1n) is 9.93. The number of fused-ring (bicyclic) bond motifs is 1. The number of hydrogen-bond acceptors (Lipinski definition) is 2. The van der Waals surface area contributed by atoms with Crippen LogP contribution in [0.15, 0.2) is 84.9 Å². The first-order chi connectivity index (χ1) is 15.3. The van der Waals surface area contributed by atoms with Crippen LogP contribution in [0.1, 0.15) is 16.7 Å². The number of aliphatic carboxylic acids is 1. The third kappa shape index (κ3) is 4.75. The SMILES string of the molecule is O=C(O)COc1ccc(-c2cccc(C(F)(F)F)c2)cc1Cc1cccc2ccccc12. The predicted molar refractivity (Wildman–Crippen MR) is 117 cm³/mol. The van der Waals surface area contributed by atoms with Crippen molar-refractivity contribution in [1.29, 1.82) is 0 Å². The second-order valence-electron chi connectivity index (χ2n) is 7.40. The number of benzene rings is 4. The van der Waals surface area contributed by atoms with Gasteiger partial charge in [-0.1, -0.05) is 60.7 Å². The highest BCUT2D eigenvalue weighted by Crippen LogP contribution is 2.34. The molecule has 1 N–H and O–H groups in total. The fourth-order valence-corrected chi connectivity index (χ4v) is 3.70. The van der Waals surface area contributed by atoms with Crippen LogP contribution < -0.4 is 4.74 Å². The topological polar surface area (TPSA) is 46.5 Å². The summed E-state index contributed by atoms with van der Waals surface area (Å²) in [5, 5.41) is 11.1. The number of ether oxygens (including phenoxy) is 1. The normalized spacial score (nSPS) is 11.5. The van der Waals surface area contributed by atoms with Crippen molar-refractivity contribution in [2.24, 2.45) is 0 Å². The molecule has 0 aromatic heterocycles. The molecule has 0 amide bonds. The van der Waals surface area contributed by atoms with Crippen molar-refractivity contribution in [2.45, 2.75) is 12.6 Å². The van der Waals surface area contributed by atoms with Crippen molar-refractivity contribution in [3.63, 3.8) is 0 Å². The van der Waals surface area contributed by atoms with Gasteiger partial charge in [0.15, 0.2) is 6.61 Å². The standard InChI is InChI=1S/C26H19F3O3/c27-26(28,29)22-9-4-7-18(15-22)19-11-12-24(32-16-25(30)31)21(13-19)14-20-8-3-6-17-5-1-2-10-23(17)20/h1-13,15H,14,16H2,(H,30,31). The maximum atomic E-state index is 13.2. The second-order valence-corrected chi connectivity index (χ2v) is 7.40. The Labute approximate surface area is 182 Å². The summed E-state index contributed by atoms with van der Waals surface area (Å²) in [4.78, 5) is 11.0. The summed E-state index contributed by atoms with van der Waals surface area (Å²) in [6.07, 6.45) is -4.00. The number of rotatable bonds is 6. The van der Waals surface area contributed by atoms with Crippen molar-refractivity contribution >= 4 is 16.7 Å². The molecule has 0 aliphatic carbocycles. The third-order valence-corrected chi connectivity index (χ3v) is 5.20.